The molecule has 1 fully saturated rings. The summed E-state index contributed by atoms with van der Waals surface area (Å²) < 4.78 is 0. The highest BCUT2D eigenvalue weighted by Gasteiger charge is 2.16. The first-order valence-electron chi connectivity index (χ1n) is 9.27. The number of rotatable bonds is 7. The molecule has 2 aliphatic rings. The Morgan fingerprint density at radius 2 is 2.04 bits per heavy atom. The van der Waals surface area contributed by atoms with Gasteiger partial charge in [0.2, 0.25) is 5.91 Å². The summed E-state index contributed by atoms with van der Waals surface area (Å²) in [7, 11) is 0. The van der Waals surface area contributed by atoms with Gasteiger partial charge in [0.15, 0.2) is 5.96 Å². The van der Waals surface area contributed by atoms with Gasteiger partial charge in [-0.25, -0.2) is 0 Å². The molecular formula is C18H32N4O. The Morgan fingerprint density at radius 1 is 1.22 bits per heavy atom. The van der Waals surface area contributed by atoms with Crippen molar-refractivity contribution >= 4 is 11.9 Å². The lowest BCUT2D eigenvalue weighted by Crippen LogP contribution is -2.38. The largest absolute Gasteiger partial charge is 0.357 e. The Morgan fingerprint density at radius 3 is 2.74 bits per heavy atom. The first kappa shape index (κ1) is 17.8. The normalized spacial score (nSPS) is 18.7. The molecule has 1 aliphatic carbocycles. The average molecular weight is 320 g/mol. The van der Waals surface area contributed by atoms with Crippen LogP contribution in [0.25, 0.3) is 0 Å². The molecule has 23 heavy (non-hydrogen) atoms. The third-order valence-electron chi connectivity index (χ3n) is 4.52. The molecule has 130 valence electrons. The second-order valence-corrected chi connectivity index (χ2v) is 6.38. The molecule has 0 saturated carbocycles. The van der Waals surface area contributed by atoms with Gasteiger partial charge in [-0.05, 0) is 51.9 Å². The fourth-order valence-corrected chi connectivity index (χ4v) is 3.20. The summed E-state index contributed by atoms with van der Waals surface area (Å²) in [5.74, 6) is 1.08. The predicted molar refractivity (Wildman–Crippen MR) is 95.6 cm³/mol. The maximum atomic E-state index is 12.0. The molecule has 0 aromatic heterocycles. The van der Waals surface area contributed by atoms with Crippen molar-refractivity contribution in [2.24, 2.45) is 4.99 Å². The van der Waals surface area contributed by atoms with Gasteiger partial charge in [-0.2, -0.15) is 0 Å². The number of carbonyl (C=O) groups excluding carboxylic acids is 1. The van der Waals surface area contributed by atoms with Crippen LogP contribution in [0.2, 0.25) is 0 Å². The van der Waals surface area contributed by atoms with E-state index in [0.29, 0.717) is 13.0 Å². The van der Waals surface area contributed by atoms with Crippen LogP contribution < -0.4 is 10.6 Å². The lowest BCUT2D eigenvalue weighted by Gasteiger charge is -2.16. The van der Waals surface area contributed by atoms with Crippen molar-refractivity contribution in [1.82, 2.24) is 15.5 Å². The smallest absolute Gasteiger partial charge is 0.224 e. The summed E-state index contributed by atoms with van der Waals surface area (Å²) in [6.45, 7) is 6.24. The number of guanidine groups is 1. The van der Waals surface area contributed by atoms with Crippen molar-refractivity contribution in [2.45, 2.75) is 58.3 Å². The lowest BCUT2D eigenvalue weighted by atomic mass is 9.97. The monoisotopic (exact) mass is 320 g/mol. The average Bonchev–Trinajstić information content (AvgIpc) is 3.10. The Hall–Kier alpha value is -1.52. The van der Waals surface area contributed by atoms with Crippen molar-refractivity contribution in [3.8, 4) is 0 Å². The van der Waals surface area contributed by atoms with Gasteiger partial charge in [0.25, 0.3) is 0 Å². The minimum Gasteiger partial charge on any atom is -0.357 e. The van der Waals surface area contributed by atoms with Crippen molar-refractivity contribution in [3.05, 3.63) is 11.6 Å². The molecule has 1 saturated heterocycles. The molecule has 0 radical (unpaired) electrons. The first-order chi connectivity index (χ1) is 11.3. The van der Waals surface area contributed by atoms with E-state index in [4.69, 9.17) is 0 Å². The number of hydrogen-bond acceptors (Lipinski definition) is 2. The molecule has 0 aromatic carbocycles. The molecule has 0 unspecified atom stereocenters. The molecule has 2 N–H and O–H groups in total. The van der Waals surface area contributed by atoms with Gasteiger partial charge in [0.05, 0.1) is 6.54 Å². The van der Waals surface area contributed by atoms with Gasteiger partial charge in [0.1, 0.15) is 0 Å². The second kappa shape index (κ2) is 10.3. The zero-order valence-electron chi connectivity index (χ0n) is 14.6. The van der Waals surface area contributed by atoms with Crippen molar-refractivity contribution in [2.75, 3.05) is 32.7 Å². The van der Waals surface area contributed by atoms with Gasteiger partial charge >= 0.3 is 0 Å². The first-order valence-corrected chi connectivity index (χ1v) is 9.27. The molecule has 1 amide bonds. The minimum atomic E-state index is 0.245. The topological polar surface area (TPSA) is 56.7 Å². The van der Waals surface area contributed by atoms with Crippen LogP contribution in [0.5, 0.6) is 0 Å². The second-order valence-electron chi connectivity index (χ2n) is 6.38. The Labute approximate surface area is 140 Å². The fraction of sp³-hybridized carbons (Fsp3) is 0.778. The molecule has 1 aliphatic heterocycles. The van der Waals surface area contributed by atoms with Crippen LogP contribution >= 0.6 is 0 Å². The van der Waals surface area contributed by atoms with E-state index in [1.165, 1.54) is 25.7 Å². The van der Waals surface area contributed by atoms with E-state index in [1.54, 1.807) is 5.57 Å². The number of aliphatic imine (C=N–C) groups is 1. The highest BCUT2D eigenvalue weighted by Crippen LogP contribution is 2.19. The Balaban J connectivity index is 1.68. The summed E-state index contributed by atoms with van der Waals surface area (Å²) in [5, 5.41) is 6.64. The molecule has 2 rings (SSSR count). The van der Waals surface area contributed by atoms with Gasteiger partial charge in [-0.15, -0.1) is 0 Å². The number of nitrogens with zero attached hydrogens (tertiary/aromatic N) is 2. The van der Waals surface area contributed by atoms with Crippen molar-refractivity contribution in [3.63, 3.8) is 0 Å². The summed E-state index contributed by atoms with van der Waals surface area (Å²) in [4.78, 5) is 18.5. The van der Waals surface area contributed by atoms with Gasteiger partial charge in [-0.3, -0.25) is 9.79 Å². The van der Waals surface area contributed by atoms with Crippen LogP contribution in [-0.4, -0.2) is 49.5 Å². The highest BCUT2D eigenvalue weighted by molar-refractivity contribution is 5.80. The summed E-state index contributed by atoms with van der Waals surface area (Å²) >= 11 is 0. The standard InChI is InChI=1S/C18H32N4O/c1-2-19-18(20-12-10-16-8-4-3-5-9-16)21-13-11-17(23)22-14-6-7-15-22/h8H,2-7,9-15H2,1H3,(H2,19,20,21). The van der Waals surface area contributed by atoms with Crippen LogP contribution in [-0.2, 0) is 4.79 Å². The highest BCUT2D eigenvalue weighted by atomic mass is 16.2. The number of allylic oxidation sites excluding steroid dienone is 1. The van der Waals surface area contributed by atoms with E-state index in [9.17, 15) is 4.79 Å². The summed E-state index contributed by atoms with van der Waals surface area (Å²) in [6.07, 6.45) is 11.5. The van der Waals surface area contributed by atoms with Crippen molar-refractivity contribution < 1.29 is 4.79 Å². The molecule has 1 heterocycles. The van der Waals surface area contributed by atoms with Crippen molar-refractivity contribution in [1.29, 1.82) is 0 Å². The van der Waals surface area contributed by atoms with Crippen LogP contribution in [0.4, 0.5) is 0 Å². The molecule has 0 aromatic rings. The number of hydrogen-bond donors (Lipinski definition) is 2. The predicted octanol–water partition coefficient (Wildman–Crippen LogP) is 2.44. The zero-order chi connectivity index (χ0) is 16.3. The van der Waals surface area contributed by atoms with Gasteiger partial charge in [0, 0.05) is 32.6 Å². The van der Waals surface area contributed by atoms with E-state index in [1.807, 2.05) is 4.90 Å². The SMILES string of the molecule is CCNC(=NCCC(=O)N1CCCC1)NCCC1=CCCCC1. The van der Waals surface area contributed by atoms with E-state index >= 15 is 0 Å². The number of likely N-dealkylation sites (tertiary alicyclic amines) is 1. The molecule has 5 heteroatoms. The zero-order valence-corrected chi connectivity index (χ0v) is 14.6. The summed E-state index contributed by atoms with van der Waals surface area (Å²) in [6, 6.07) is 0. The van der Waals surface area contributed by atoms with E-state index in [0.717, 1.165) is 51.4 Å². The maximum Gasteiger partial charge on any atom is 0.224 e. The minimum absolute atomic E-state index is 0.245. The lowest BCUT2D eigenvalue weighted by molar-refractivity contribution is -0.129. The third kappa shape index (κ3) is 6.63. The van der Waals surface area contributed by atoms with E-state index in [2.05, 4.69) is 28.6 Å². The maximum absolute atomic E-state index is 12.0. The van der Waals surface area contributed by atoms with Crippen LogP contribution in [0.15, 0.2) is 16.6 Å². The van der Waals surface area contributed by atoms with Crippen LogP contribution in [0.1, 0.15) is 58.3 Å². The number of carbonyl (C=O) groups is 1. The molecule has 0 atom stereocenters. The molecular weight excluding hydrogens is 288 g/mol. The molecule has 0 spiro atoms. The van der Waals surface area contributed by atoms with Crippen LogP contribution in [0.3, 0.4) is 0 Å². The summed E-state index contributed by atoms with van der Waals surface area (Å²) in [5.41, 5.74) is 1.57. The van der Waals surface area contributed by atoms with E-state index < -0.39 is 0 Å². The van der Waals surface area contributed by atoms with Gasteiger partial charge < -0.3 is 15.5 Å². The Kier molecular flexibility index (Phi) is 7.98. The van der Waals surface area contributed by atoms with Gasteiger partial charge in [-0.1, -0.05) is 11.6 Å². The Bertz CT molecular complexity index is 425. The molecule has 5 nitrogen and oxygen atoms in total. The third-order valence-corrected chi connectivity index (χ3v) is 4.52. The van der Waals surface area contributed by atoms with Crippen LogP contribution in [0, 0.1) is 0 Å². The molecule has 0 bridgehead atoms. The fourth-order valence-electron chi connectivity index (χ4n) is 3.20. The van der Waals surface area contributed by atoms with E-state index in [-0.39, 0.29) is 5.91 Å². The quantitative estimate of drug-likeness (QED) is 0.430. The number of amides is 1. The number of nitrogens with one attached hydrogen (secondary N) is 2.